The second kappa shape index (κ2) is 14.4. The van der Waals surface area contributed by atoms with E-state index in [1.54, 1.807) is 13.8 Å². The van der Waals surface area contributed by atoms with E-state index in [4.69, 9.17) is 16.3 Å². The monoisotopic (exact) mass is 659 g/mol. The van der Waals surface area contributed by atoms with E-state index in [1.807, 2.05) is 11.9 Å². The molecule has 15 heteroatoms. The van der Waals surface area contributed by atoms with Crippen LogP contribution in [0.15, 0.2) is 24.5 Å². The number of hydrogen-bond acceptors (Lipinski definition) is 9. The topological polar surface area (TPSA) is 121 Å². The van der Waals surface area contributed by atoms with E-state index in [-0.39, 0.29) is 51.2 Å². The molecule has 46 heavy (non-hydrogen) atoms. The zero-order valence-electron chi connectivity index (χ0n) is 26.7. The highest BCUT2D eigenvalue weighted by molar-refractivity contribution is 6.35. The normalized spacial score (nSPS) is 19.5. The lowest BCUT2D eigenvalue weighted by atomic mass is 10.0. The van der Waals surface area contributed by atoms with Gasteiger partial charge in [-0.2, -0.15) is 4.39 Å². The standard InChI is InChI=1S/C31H40ClF2N9O3/c1-18(2)27-28(32)21(14-36-29(27)34)30(44)37-23-13-25(22(33)12-26(23)42-15-19(3)40(5)20(4)16-42)43-17-24(38-39-43)31(45)35-6-7-41-8-10-46-11-9-41/h12-14,17-20H,6-11,15-16H2,1-5H3,(H,35,45)(H,37,44)/t19-,20+. The summed E-state index contributed by atoms with van der Waals surface area (Å²) in [7, 11) is 2.04. The lowest BCUT2D eigenvalue weighted by Crippen LogP contribution is -2.55. The first kappa shape index (κ1) is 33.6. The first-order chi connectivity index (χ1) is 21.9. The molecule has 1 aromatic carbocycles. The van der Waals surface area contributed by atoms with Crippen LogP contribution in [0.2, 0.25) is 5.02 Å². The molecule has 0 aliphatic carbocycles. The minimum Gasteiger partial charge on any atom is -0.379 e. The van der Waals surface area contributed by atoms with Crippen molar-refractivity contribution >= 4 is 34.8 Å². The van der Waals surface area contributed by atoms with Crippen LogP contribution in [0.4, 0.5) is 20.2 Å². The molecule has 0 bridgehead atoms. The Labute approximate surface area is 272 Å². The Kier molecular flexibility index (Phi) is 10.5. The predicted octanol–water partition coefficient (Wildman–Crippen LogP) is 3.56. The molecule has 0 spiro atoms. The number of nitrogens with one attached hydrogen (secondary N) is 2. The molecule has 12 nitrogen and oxygen atoms in total. The SMILES string of the molecule is CC(C)c1c(F)ncc(C(=O)Nc2cc(-n3cc(C(=O)NCCN4CCOCC4)nn3)c(F)cc2N2C[C@@H](C)N(C)[C@@H](C)C2)c1Cl. The molecule has 0 unspecified atom stereocenters. The van der Waals surface area contributed by atoms with E-state index in [0.717, 1.165) is 24.0 Å². The minimum atomic E-state index is -0.742. The number of anilines is 2. The summed E-state index contributed by atoms with van der Waals surface area (Å²) in [6.07, 6.45) is 2.42. The zero-order chi connectivity index (χ0) is 33.1. The Morgan fingerprint density at radius 3 is 2.46 bits per heavy atom. The number of likely N-dealkylation sites (N-methyl/N-ethyl adjacent to an activating group) is 1. The quantitative estimate of drug-likeness (QED) is 0.332. The van der Waals surface area contributed by atoms with Crippen LogP contribution in [0.1, 0.15) is 60.0 Å². The van der Waals surface area contributed by atoms with Crippen molar-refractivity contribution in [1.29, 1.82) is 0 Å². The number of pyridine rings is 1. The van der Waals surface area contributed by atoms with Gasteiger partial charge in [-0.3, -0.25) is 19.4 Å². The second-order valence-corrected chi connectivity index (χ2v) is 12.5. The number of ether oxygens (including phenoxy) is 1. The van der Waals surface area contributed by atoms with E-state index in [1.165, 1.54) is 18.3 Å². The maximum absolute atomic E-state index is 15.8. The summed E-state index contributed by atoms with van der Waals surface area (Å²) in [4.78, 5) is 36.6. The van der Waals surface area contributed by atoms with Crippen molar-refractivity contribution in [3.63, 3.8) is 0 Å². The molecule has 5 rings (SSSR count). The second-order valence-electron chi connectivity index (χ2n) is 12.1. The average molecular weight is 660 g/mol. The third kappa shape index (κ3) is 7.30. The summed E-state index contributed by atoms with van der Waals surface area (Å²) in [5.74, 6) is -2.75. The molecule has 0 saturated carbocycles. The van der Waals surface area contributed by atoms with Gasteiger partial charge in [0.1, 0.15) is 5.69 Å². The molecule has 2 aliphatic rings. The van der Waals surface area contributed by atoms with Crippen molar-refractivity contribution in [2.75, 3.05) is 69.7 Å². The number of nitrogens with zero attached hydrogens (tertiary/aromatic N) is 7. The van der Waals surface area contributed by atoms with Crippen molar-refractivity contribution in [2.24, 2.45) is 0 Å². The van der Waals surface area contributed by atoms with E-state index < -0.39 is 23.6 Å². The van der Waals surface area contributed by atoms with E-state index in [0.29, 0.717) is 45.1 Å². The minimum absolute atomic E-state index is 0.0134. The smallest absolute Gasteiger partial charge is 0.273 e. The Morgan fingerprint density at radius 2 is 1.78 bits per heavy atom. The number of hydrogen-bond donors (Lipinski definition) is 2. The van der Waals surface area contributed by atoms with Crippen LogP contribution in [0.5, 0.6) is 0 Å². The summed E-state index contributed by atoms with van der Waals surface area (Å²) in [6, 6.07) is 3.08. The van der Waals surface area contributed by atoms with E-state index >= 15 is 4.39 Å². The fraction of sp³-hybridized carbons (Fsp3) is 0.516. The third-order valence-electron chi connectivity index (χ3n) is 8.63. The van der Waals surface area contributed by atoms with Crippen molar-refractivity contribution in [3.05, 3.63) is 58.1 Å². The van der Waals surface area contributed by atoms with Gasteiger partial charge in [0.05, 0.1) is 41.4 Å². The van der Waals surface area contributed by atoms with Gasteiger partial charge in [-0.1, -0.05) is 30.7 Å². The van der Waals surface area contributed by atoms with Crippen LogP contribution in [0.3, 0.4) is 0 Å². The molecular weight excluding hydrogens is 620 g/mol. The van der Waals surface area contributed by atoms with Crippen LogP contribution in [-0.4, -0.2) is 113 Å². The molecule has 2 aromatic heterocycles. The maximum atomic E-state index is 15.8. The zero-order valence-corrected chi connectivity index (χ0v) is 27.4. The number of benzene rings is 1. The number of amides is 2. The highest BCUT2D eigenvalue weighted by atomic mass is 35.5. The van der Waals surface area contributed by atoms with Crippen LogP contribution < -0.4 is 15.5 Å². The van der Waals surface area contributed by atoms with Crippen LogP contribution in [-0.2, 0) is 4.74 Å². The lowest BCUT2D eigenvalue weighted by molar-refractivity contribution is 0.0383. The van der Waals surface area contributed by atoms with Gasteiger partial charge < -0.3 is 20.3 Å². The fourth-order valence-electron chi connectivity index (χ4n) is 5.74. The van der Waals surface area contributed by atoms with Gasteiger partial charge in [0.25, 0.3) is 11.8 Å². The van der Waals surface area contributed by atoms with Gasteiger partial charge in [-0.05, 0) is 32.9 Å². The summed E-state index contributed by atoms with van der Waals surface area (Å²) in [5, 5.41) is 13.6. The van der Waals surface area contributed by atoms with Crippen LogP contribution >= 0.6 is 11.6 Å². The van der Waals surface area contributed by atoms with Gasteiger partial charge in [0, 0.05) is 69.2 Å². The van der Waals surface area contributed by atoms with Crippen LogP contribution in [0.25, 0.3) is 5.69 Å². The van der Waals surface area contributed by atoms with Crippen molar-refractivity contribution < 1.29 is 23.1 Å². The molecule has 248 valence electrons. The predicted molar refractivity (Wildman–Crippen MR) is 171 cm³/mol. The molecule has 3 aromatic rings. The van der Waals surface area contributed by atoms with Gasteiger partial charge in [-0.15, -0.1) is 5.10 Å². The highest BCUT2D eigenvalue weighted by Crippen LogP contribution is 2.35. The van der Waals surface area contributed by atoms with Crippen molar-refractivity contribution in [3.8, 4) is 5.69 Å². The Morgan fingerprint density at radius 1 is 1.09 bits per heavy atom. The summed E-state index contributed by atoms with van der Waals surface area (Å²) in [5.41, 5.74) is 0.847. The number of piperazine rings is 1. The fourth-order valence-corrected chi connectivity index (χ4v) is 6.17. The third-order valence-corrected chi connectivity index (χ3v) is 9.04. The molecule has 2 fully saturated rings. The Bertz CT molecular complexity index is 1570. The first-order valence-electron chi connectivity index (χ1n) is 15.4. The molecule has 2 N–H and O–H groups in total. The van der Waals surface area contributed by atoms with Gasteiger partial charge >= 0.3 is 0 Å². The van der Waals surface area contributed by atoms with Crippen molar-refractivity contribution in [1.82, 2.24) is 35.1 Å². The number of morpholine rings is 1. The first-order valence-corrected chi connectivity index (χ1v) is 15.8. The molecule has 4 heterocycles. The van der Waals surface area contributed by atoms with Gasteiger partial charge in [0.15, 0.2) is 11.5 Å². The Balaban J connectivity index is 1.44. The highest BCUT2D eigenvalue weighted by Gasteiger charge is 2.30. The average Bonchev–Trinajstić information content (AvgIpc) is 3.51. The molecular formula is C31H40ClF2N9O3. The lowest BCUT2D eigenvalue weighted by Gasteiger charge is -2.44. The van der Waals surface area contributed by atoms with Crippen molar-refractivity contribution in [2.45, 2.75) is 45.7 Å². The summed E-state index contributed by atoms with van der Waals surface area (Å²) < 4.78 is 36.8. The van der Waals surface area contributed by atoms with E-state index in [2.05, 4.69) is 49.6 Å². The Hall–Kier alpha value is -3.72. The molecule has 2 saturated heterocycles. The summed E-state index contributed by atoms with van der Waals surface area (Å²) in [6.45, 7) is 12.8. The van der Waals surface area contributed by atoms with Gasteiger partial charge in [-0.25, -0.2) is 14.1 Å². The number of carbonyl (C=O) groups excluding carboxylic acids is 2. The molecule has 2 aliphatic heterocycles. The molecule has 2 atom stereocenters. The molecule has 2 amide bonds. The largest absolute Gasteiger partial charge is 0.379 e. The van der Waals surface area contributed by atoms with Gasteiger partial charge in [0.2, 0.25) is 5.95 Å². The number of rotatable bonds is 9. The van der Waals surface area contributed by atoms with Crippen LogP contribution in [0, 0.1) is 11.8 Å². The maximum Gasteiger partial charge on any atom is 0.273 e. The number of carbonyl (C=O) groups is 2. The number of aromatic nitrogens is 4. The van der Waals surface area contributed by atoms with E-state index in [9.17, 15) is 14.0 Å². The summed E-state index contributed by atoms with van der Waals surface area (Å²) >= 11 is 6.49. The molecule has 0 radical (unpaired) electrons. The number of halogens is 3.